The zero-order chi connectivity index (χ0) is 11.8. The number of rotatable bonds is 5. The third-order valence-electron chi connectivity index (χ3n) is 2.86. The van der Waals surface area contributed by atoms with Crippen LogP contribution in [-0.2, 0) is 0 Å². The average molecular weight is 257 g/mol. The lowest BCUT2D eigenvalue weighted by Gasteiger charge is -2.34. The first kappa shape index (κ1) is 14.3. The minimum atomic E-state index is 0.638. The van der Waals surface area contributed by atoms with Crippen molar-refractivity contribution in [3.8, 4) is 11.8 Å². The van der Waals surface area contributed by atoms with Crippen molar-refractivity contribution >= 4 is 23.5 Å². The van der Waals surface area contributed by atoms with Gasteiger partial charge in [0.25, 0.3) is 0 Å². The molecule has 1 saturated heterocycles. The maximum atomic E-state index is 3.64. The Bertz CT molecular complexity index is 244. The fourth-order valence-electron chi connectivity index (χ4n) is 2.09. The minimum absolute atomic E-state index is 0.638. The van der Waals surface area contributed by atoms with Crippen LogP contribution in [0.3, 0.4) is 0 Å². The molecule has 1 rings (SSSR count). The highest BCUT2D eigenvalue weighted by atomic mass is 32.2. The van der Waals surface area contributed by atoms with Crippen molar-refractivity contribution in [2.75, 3.05) is 18.1 Å². The fraction of sp³-hybridized carbons (Fsp3) is 0.846. The molecule has 92 valence electrons. The van der Waals surface area contributed by atoms with E-state index in [1.807, 2.05) is 6.92 Å². The molecule has 0 aliphatic carbocycles. The van der Waals surface area contributed by atoms with E-state index in [1.165, 1.54) is 17.9 Å². The van der Waals surface area contributed by atoms with Crippen molar-refractivity contribution in [2.45, 2.75) is 50.2 Å². The van der Waals surface area contributed by atoms with Crippen LogP contribution >= 0.6 is 23.5 Å². The van der Waals surface area contributed by atoms with Gasteiger partial charge in [-0.25, -0.2) is 0 Å². The molecule has 0 amide bonds. The first-order valence-electron chi connectivity index (χ1n) is 6.15. The molecule has 1 heterocycles. The van der Waals surface area contributed by atoms with Crippen LogP contribution in [0.5, 0.6) is 0 Å². The average Bonchev–Trinajstić information content (AvgIpc) is 2.29. The zero-order valence-corrected chi connectivity index (χ0v) is 12.2. The van der Waals surface area contributed by atoms with Crippen LogP contribution in [0, 0.1) is 11.8 Å². The maximum absolute atomic E-state index is 3.64. The quantitative estimate of drug-likeness (QED) is 0.761. The summed E-state index contributed by atoms with van der Waals surface area (Å²) >= 11 is 4.27. The Morgan fingerprint density at radius 2 is 2.12 bits per heavy atom. The highest BCUT2D eigenvalue weighted by Crippen LogP contribution is 2.34. The number of hydrogen-bond acceptors (Lipinski definition) is 3. The van der Waals surface area contributed by atoms with Crippen LogP contribution in [0.2, 0.25) is 0 Å². The summed E-state index contributed by atoms with van der Waals surface area (Å²) < 4.78 is 0. The van der Waals surface area contributed by atoms with E-state index in [9.17, 15) is 0 Å². The van der Waals surface area contributed by atoms with Gasteiger partial charge in [-0.3, -0.25) is 0 Å². The Morgan fingerprint density at radius 1 is 1.38 bits per heavy atom. The molecule has 0 saturated carbocycles. The highest BCUT2D eigenvalue weighted by Gasteiger charge is 2.29. The summed E-state index contributed by atoms with van der Waals surface area (Å²) in [5, 5.41) is 5.18. The minimum Gasteiger partial charge on any atom is -0.313 e. The molecule has 1 aliphatic heterocycles. The molecule has 1 fully saturated rings. The summed E-state index contributed by atoms with van der Waals surface area (Å²) in [7, 11) is 0. The second kappa shape index (κ2) is 8.33. The van der Waals surface area contributed by atoms with E-state index in [4.69, 9.17) is 0 Å². The van der Waals surface area contributed by atoms with Crippen molar-refractivity contribution in [3.05, 3.63) is 0 Å². The smallest absolute Gasteiger partial charge is 0.0317 e. The molecule has 1 aliphatic rings. The van der Waals surface area contributed by atoms with Crippen LogP contribution < -0.4 is 5.32 Å². The van der Waals surface area contributed by atoms with Gasteiger partial charge in [0.15, 0.2) is 0 Å². The number of thioether (sulfide) groups is 2. The third-order valence-corrected chi connectivity index (χ3v) is 6.11. The second-order valence-corrected chi connectivity index (χ2v) is 6.81. The van der Waals surface area contributed by atoms with Gasteiger partial charge in [-0.15, -0.1) is 11.8 Å². The zero-order valence-electron chi connectivity index (χ0n) is 10.6. The molecule has 0 bridgehead atoms. The first-order valence-corrected chi connectivity index (χ1v) is 8.25. The molecule has 3 heteroatoms. The Balaban J connectivity index is 2.48. The lowest BCUT2D eigenvalue weighted by atomic mass is 10.1. The first-order chi connectivity index (χ1) is 7.79. The van der Waals surface area contributed by atoms with Crippen LogP contribution in [0.25, 0.3) is 0 Å². The Morgan fingerprint density at radius 3 is 2.75 bits per heavy atom. The lowest BCUT2D eigenvalue weighted by molar-refractivity contribution is 0.479. The van der Waals surface area contributed by atoms with E-state index in [0.717, 1.165) is 23.5 Å². The lowest BCUT2D eigenvalue weighted by Crippen LogP contribution is -2.44. The molecular formula is C13H23NS2. The Hall–Kier alpha value is 0.220. The van der Waals surface area contributed by atoms with Crippen LogP contribution in [-0.4, -0.2) is 34.6 Å². The van der Waals surface area contributed by atoms with Crippen molar-refractivity contribution < 1.29 is 0 Å². The molecule has 3 atom stereocenters. The normalized spacial score (nSPS) is 26.9. The van der Waals surface area contributed by atoms with Crippen molar-refractivity contribution in [1.82, 2.24) is 5.32 Å². The molecule has 16 heavy (non-hydrogen) atoms. The fourth-order valence-corrected chi connectivity index (χ4v) is 5.09. The predicted molar refractivity (Wildman–Crippen MR) is 78.3 cm³/mol. The standard InChI is InChI=1S/C13H23NS2/c1-4-6-7-8-12(14-5-2)13-11(3)15-9-10-16-13/h11-14H,5,7-10H2,1-3H3. The van der Waals surface area contributed by atoms with Gasteiger partial charge in [0, 0.05) is 34.5 Å². The van der Waals surface area contributed by atoms with Gasteiger partial charge in [-0.1, -0.05) is 13.8 Å². The van der Waals surface area contributed by atoms with Gasteiger partial charge >= 0.3 is 0 Å². The predicted octanol–water partition coefficient (Wildman–Crippen LogP) is 3.01. The molecule has 0 aromatic heterocycles. The molecule has 1 nitrogen and oxygen atoms in total. The summed E-state index contributed by atoms with van der Waals surface area (Å²) in [4.78, 5) is 0. The Labute approximate surface area is 109 Å². The topological polar surface area (TPSA) is 12.0 Å². The SMILES string of the molecule is CC#CCCC(NCC)C1SCCSC1C. The largest absolute Gasteiger partial charge is 0.313 e. The van der Waals surface area contributed by atoms with E-state index in [1.54, 1.807) is 0 Å². The van der Waals surface area contributed by atoms with E-state index in [0.29, 0.717) is 6.04 Å². The van der Waals surface area contributed by atoms with Crippen molar-refractivity contribution in [1.29, 1.82) is 0 Å². The Kier molecular flexibility index (Phi) is 7.44. The molecule has 1 N–H and O–H groups in total. The van der Waals surface area contributed by atoms with E-state index < -0.39 is 0 Å². The van der Waals surface area contributed by atoms with Gasteiger partial charge in [0.2, 0.25) is 0 Å². The van der Waals surface area contributed by atoms with Crippen LogP contribution in [0.4, 0.5) is 0 Å². The summed E-state index contributed by atoms with van der Waals surface area (Å²) in [6.45, 7) is 7.57. The molecule has 0 aromatic carbocycles. The van der Waals surface area contributed by atoms with Gasteiger partial charge in [-0.2, -0.15) is 23.5 Å². The van der Waals surface area contributed by atoms with Crippen LogP contribution in [0.15, 0.2) is 0 Å². The van der Waals surface area contributed by atoms with Gasteiger partial charge in [0.1, 0.15) is 0 Å². The molecule has 3 unspecified atom stereocenters. The molecule has 0 radical (unpaired) electrons. The third kappa shape index (κ3) is 4.61. The van der Waals surface area contributed by atoms with Crippen molar-refractivity contribution in [2.24, 2.45) is 0 Å². The number of hydrogen-bond donors (Lipinski definition) is 1. The summed E-state index contributed by atoms with van der Waals surface area (Å²) in [6.07, 6.45) is 2.22. The van der Waals surface area contributed by atoms with Gasteiger partial charge < -0.3 is 5.32 Å². The second-order valence-electron chi connectivity index (χ2n) is 4.04. The monoisotopic (exact) mass is 257 g/mol. The van der Waals surface area contributed by atoms with Crippen molar-refractivity contribution in [3.63, 3.8) is 0 Å². The molecular weight excluding hydrogens is 234 g/mol. The molecule has 0 aromatic rings. The van der Waals surface area contributed by atoms with E-state index in [-0.39, 0.29) is 0 Å². The van der Waals surface area contributed by atoms with Gasteiger partial charge in [0.05, 0.1) is 0 Å². The van der Waals surface area contributed by atoms with E-state index in [2.05, 4.69) is 54.5 Å². The van der Waals surface area contributed by atoms with Crippen LogP contribution in [0.1, 0.15) is 33.6 Å². The maximum Gasteiger partial charge on any atom is 0.0317 e. The number of nitrogens with one attached hydrogen (secondary N) is 1. The summed E-state index contributed by atoms with van der Waals surface area (Å²) in [6, 6.07) is 0.638. The van der Waals surface area contributed by atoms with E-state index >= 15 is 0 Å². The summed E-state index contributed by atoms with van der Waals surface area (Å²) in [5.41, 5.74) is 0. The summed E-state index contributed by atoms with van der Waals surface area (Å²) in [5.74, 6) is 8.80. The molecule has 0 spiro atoms. The highest BCUT2D eigenvalue weighted by molar-refractivity contribution is 8.07. The van der Waals surface area contributed by atoms with Gasteiger partial charge in [-0.05, 0) is 19.9 Å².